The van der Waals surface area contributed by atoms with Crippen LogP contribution in [0.4, 0.5) is 4.79 Å². The Morgan fingerprint density at radius 1 is 0.865 bits per heavy atom. The minimum atomic E-state index is -1.06. The summed E-state index contributed by atoms with van der Waals surface area (Å²) in [4.78, 5) is 29.9. The number of rotatable bonds is 28. The summed E-state index contributed by atoms with van der Waals surface area (Å²) in [7, 11) is -1.06. The van der Waals surface area contributed by atoms with Gasteiger partial charge in [-0.15, -0.1) is 106 Å². The van der Waals surface area contributed by atoms with E-state index in [0.29, 0.717) is 28.7 Å². The monoisotopic (exact) mass is 743 g/mol. The third-order valence-electron chi connectivity index (χ3n) is 2.76. The van der Waals surface area contributed by atoms with Gasteiger partial charge in [-0.3, -0.25) is 14.0 Å². The van der Waals surface area contributed by atoms with Crippen molar-refractivity contribution in [3.63, 3.8) is 0 Å². The van der Waals surface area contributed by atoms with E-state index in [1.807, 2.05) is 0 Å². The molecule has 0 aromatic carbocycles. The van der Waals surface area contributed by atoms with Crippen molar-refractivity contribution in [1.82, 2.24) is 5.32 Å². The highest BCUT2D eigenvalue weighted by Gasteiger charge is 2.02. The first-order valence-corrected chi connectivity index (χ1v) is 24.2. The zero-order valence-electron chi connectivity index (χ0n) is 20.2. The van der Waals surface area contributed by atoms with Gasteiger partial charge in [0, 0.05) is 35.6 Å². The molecule has 218 valence electrons. The molecule has 0 bridgehead atoms. The molecule has 0 aliphatic heterocycles. The smallest absolute Gasteiger partial charge is 0.280 e. The number of carbonyl (C=O) groups is 1. The molecule has 20 heteroatoms. The normalized spacial score (nSPS) is 12.5. The Hall–Kier alpha value is 2.53. The van der Waals surface area contributed by atoms with Gasteiger partial charge in [-0.2, -0.15) is 16.6 Å². The van der Waals surface area contributed by atoms with Gasteiger partial charge in [-0.1, -0.05) is 11.8 Å². The summed E-state index contributed by atoms with van der Waals surface area (Å²) in [6.07, 6.45) is 3.40. The lowest BCUT2D eigenvalue weighted by molar-refractivity contribution is -0.196. The van der Waals surface area contributed by atoms with E-state index in [2.05, 4.69) is 21.6 Å². The minimum absolute atomic E-state index is 0.00765. The van der Waals surface area contributed by atoms with Crippen LogP contribution in [0.1, 0.15) is 0 Å². The lowest BCUT2D eigenvalue weighted by atomic mass is 11.2. The van der Waals surface area contributed by atoms with Crippen molar-refractivity contribution in [2.24, 2.45) is 9.98 Å². The van der Waals surface area contributed by atoms with E-state index < -0.39 is 10.8 Å². The first kappa shape index (κ1) is 39.5. The summed E-state index contributed by atoms with van der Waals surface area (Å²) < 4.78 is 11.7. The van der Waals surface area contributed by atoms with E-state index in [-0.39, 0.29) is 11.2 Å². The Morgan fingerprint density at radius 2 is 1.54 bits per heavy atom. The highest BCUT2D eigenvalue weighted by molar-refractivity contribution is 8.29. The number of hydrogen-bond donors (Lipinski definition) is 2. The summed E-state index contributed by atoms with van der Waals surface area (Å²) >= 11 is 18.0. The molecular formula is C17H33N3O5S12. The van der Waals surface area contributed by atoms with Gasteiger partial charge >= 0.3 is 0 Å². The second-order valence-electron chi connectivity index (χ2n) is 5.50. The number of hydrogen-bond acceptors (Lipinski definition) is 18. The molecule has 0 saturated carbocycles. The number of aliphatic hydroxyl groups excluding tert-OH is 1. The second kappa shape index (κ2) is 34.7. The van der Waals surface area contributed by atoms with Crippen molar-refractivity contribution >= 4 is 157 Å². The number of aliphatic hydroxyl groups is 1. The molecule has 0 aliphatic rings. The molecule has 0 aromatic heterocycles. The van der Waals surface area contributed by atoms with E-state index in [1.165, 1.54) is 47.2 Å². The van der Waals surface area contributed by atoms with Crippen molar-refractivity contribution in [1.29, 1.82) is 0 Å². The fourth-order valence-corrected chi connectivity index (χ4v) is 12.5. The number of carbonyl (C=O) groups excluding carboxylic acids is 1. The van der Waals surface area contributed by atoms with Crippen LogP contribution in [0.2, 0.25) is 0 Å². The quantitative estimate of drug-likeness (QED) is 0.0225. The Balaban J connectivity index is 3.29. The van der Waals surface area contributed by atoms with Crippen LogP contribution in [-0.4, -0.2) is 103 Å². The molecule has 0 aromatic rings. The number of nitrogens with zero attached hydrogens (tertiary/aromatic N) is 2. The largest absolute Gasteiger partial charge is 0.386 e. The SMILES string of the molecule is CSCSCN=COOCSCSCSCSC(=O)NCSCSCSCN=CS(=O)CSCSCO. The van der Waals surface area contributed by atoms with Crippen LogP contribution in [0.25, 0.3) is 0 Å². The second-order valence-corrected chi connectivity index (χ2v) is 20.2. The third-order valence-corrected chi connectivity index (χ3v) is 16.0. The van der Waals surface area contributed by atoms with Crippen molar-refractivity contribution in [3.8, 4) is 0 Å². The third kappa shape index (κ3) is 34.6. The Kier molecular flexibility index (Phi) is 37.1. The molecule has 0 rings (SSSR count). The summed E-state index contributed by atoms with van der Waals surface area (Å²) in [6.45, 7) is 0. The molecular weight excluding hydrogens is 711 g/mol. The van der Waals surface area contributed by atoms with Gasteiger partial charge in [0.1, 0.15) is 5.94 Å². The van der Waals surface area contributed by atoms with Crippen LogP contribution in [0.5, 0.6) is 0 Å². The molecule has 1 unspecified atom stereocenters. The summed E-state index contributed by atoms with van der Waals surface area (Å²) in [5, 5.41) is 18.2. The van der Waals surface area contributed by atoms with Crippen LogP contribution in [0.3, 0.4) is 0 Å². The van der Waals surface area contributed by atoms with Gasteiger partial charge in [-0.25, -0.2) is 4.99 Å². The summed E-state index contributed by atoms with van der Waals surface area (Å²) in [5.41, 5.74) is 1.50. The zero-order chi connectivity index (χ0) is 27.1. The lowest BCUT2D eigenvalue weighted by Crippen LogP contribution is -2.17. The van der Waals surface area contributed by atoms with Crippen molar-refractivity contribution in [3.05, 3.63) is 0 Å². The maximum Gasteiger partial charge on any atom is 0.280 e. The van der Waals surface area contributed by atoms with Crippen molar-refractivity contribution in [2.45, 2.75) is 0 Å². The van der Waals surface area contributed by atoms with Gasteiger partial charge in [0.05, 0.1) is 45.0 Å². The summed E-state index contributed by atoms with van der Waals surface area (Å²) in [5.74, 6) is 2.42. The number of amides is 1. The first-order valence-electron chi connectivity index (χ1n) is 10.0. The van der Waals surface area contributed by atoms with Gasteiger partial charge in [0.2, 0.25) is 6.40 Å². The molecule has 0 saturated heterocycles. The highest BCUT2D eigenvalue weighted by Crippen LogP contribution is 2.22. The maximum atomic E-state index is 11.8. The molecule has 8 nitrogen and oxygen atoms in total. The fourth-order valence-electron chi connectivity index (χ4n) is 1.44. The van der Waals surface area contributed by atoms with E-state index in [9.17, 15) is 9.00 Å². The molecule has 0 fully saturated rings. The minimum Gasteiger partial charge on any atom is -0.386 e. The number of aliphatic imine (C=N–C) groups is 2. The van der Waals surface area contributed by atoms with Crippen LogP contribution in [0, 0.1) is 0 Å². The molecule has 0 spiro atoms. The first-order chi connectivity index (χ1) is 18.2. The zero-order valence-corrected chi connectivity index (χ0v) is 30.0. The summed E-state index contributed by atoms with van der Waals surface area (Å²) in [6, 6.07) is 0. The van der Waals surface area contributed by atoms with Crippen LogP contribution < -0.4 is 5.32 Å². The van der Waals surface area contributed by atoms with Crippen LogP contribution in [0.15, 0.2) is 9.98 Å². The molecule has 2 N–H and O–H groups in total. The lowest BCUT2D eigenvalue weighted by Gasteiger charge is -2.05. The molecule has 0 aliphatic carbocycles. The van der Waals surface area contributed by atoms with Gasteiger partial charge in [0.25, 0.3) is 5.24 Å². The average Bonchev–Trinajstić information content (AvgIpc) is 2.90. The van der Waals surface area contributed by atoms with E-state index in [0.717, 1.165) is 35.6 Å². The van der Waals surface area contributed by atoms with Gasteiger partial charge in [0.15, 0.2) is 0 Å². The maximum absolute atomic E-state index is 11.8. The molecule has 1 amide bonds. The van der Waals surface area contributed by atoms with E-state index >= 15 is 0 Å². The molecule has 0 heterocycles. The van der Waals surface area contributed by atoms with E-state index in [1.54, 1.807) is 94.1 Å². The van der Waals surface area contributed by atoms with Gasteiger partial charge < -0.3 is 15.3 Å². The number of nitrogens with one attached hydrogen (secondary N) is 1. The predicted molar refractivity (Wildman–Crippen MR) is 191 cm³/mol. The Bertz CT molecular complexity index is 598. The Morgan fingerprint density at radius 3 is 2.35 bits per heavy atom. The van der Waals surface area contributed by atoms with Crippen molar-refractivity contribution < 1.29 is 23.9 Å². The molecule has 37 heavy (non-hydrogen) atoms. The van der Waals surface area contributed by atoms with Crippen LogP contribution >= 0.6 is 129 Å². The standard InChI is InChI=1S/C17H33N3O5S12/c1-26-9-27-3-18-2-24-25-8-31-13-33-14-34-15-36-17(22)20-5-29-11-32-10-28-4-19-6-37(23)16-35-12-30-7-21/h2,6,21H,3-5,7-16H2,1H3,(H,20,22). The van der Waals surface area contributed by atoms with E-state index in [4.69, 9.17) is 14.9 Å². The topological polar surface area (TPSA) is 110 Å². The fraction of sp³-hybridized carbons (Fsp3) is 0.824. The molecule has 0 radical (unpaired) electrons. The Labute approximate surface area is 270 Å². The average molecular weight is 744 g/mol. The van der Waals surface area contributed by atoms with Crippen LogP contribution in [-0.2, 0) is 20.6 Å². The predicted octanol–water partition coefficient (Wildman–Crippen LogP) is 6.58. The van der Waals surface area contributed by atoms with Crippen molar-refractivity contribution in [2.75, 3.05) is 76.4 Å². The number of thioether (sulfide) groups is 11. The molecule has 1 atom stereocenters. The van der Waals surface area contributed by atoms with Gasteiger partial charge in [-0.05, 0) is 6.26 Å². The highest BCUT2D eigenvalue weighted by atomic mass is 32.3.